The highest BCUT2D eigenvalue weighted by atomic mass is 35.5. The summed E-state index contributed by atoms with van der Waals surface area (Å²) in [6, 6.07) is 5.13. The van der Waals surface area contributed by atoms with Crippen molar-refractivity contribution in [2.24, 2.45) is 0 Å². The first kappa shape index (κ1) is 12.8. The third kappa shape index (κ3) is 3.95. The molecule has 17 heavy (non-hydrogen) atoms. The minimum absolute atomic E-state index is 0.105. The van der Waals surface area contributed by atoms with Gasteiger partial charge in [-0.2, -0.15) is 0 Å². The van der Waals surface area contributed by atoms with Crippen LogP contribution in [0.25, 0.3) is 0 Å². The van der Waals surface area contributed by atoms with Crippen LogP contribution in [-0.2, 0) is 6.42 Å². The van der Waals surface area contributed by atoms with Crippen LogP contribution in [0.2, 0.25) is 5.02 Å². The van der Waals surface area contributed by atoms with Crippen molar-refractivity contribution in [3.8, 4) is 0 Å². The van der Waals surface area contributed by atoms with Gasteiger partial charge < -0.3 is 10.4 Å². The van der Waals surface area contributed by atoms with Crippen LogP contribution in [-0.4, -0.2) is 23.3 Å². The Morgan fingerprint density at radius 2 is 2.24 bits per heavy atom. The van der Waals surface area contributed by atoms with E-state index in [9.17, 15) is 9.50 Å². The van der Waals surface area contributed by atoms with E-state index in [1.807, 2.05) is 0 Å². The van der Waals surface area contributed by atoms with Gasteiger partial charge in [0.2, 0.25) is 0 Å². The van der Waals surface area contributed by atoms with Crippen molar-refractivity contribution < 1.29 is 9.50 Å². The van der Waals surface area contributed by atoms with E-state index in [4.69, 9.17) is 11.6 Å². The molecular weight excluding hydrogens is 241 g/mol. The molecule has 1 aromatic rings. The standard InChI is InChI=1S/C13H17ClFNO/c1-13(17,8-16-10-3-4-10)7-9-2-5-12(15)11(14)6-9/h2,5-6,10,16-17H,3-4,7-8H2,1H3. The molecule has 2 nitrogen and oxygen atoms in total. The smallest absolute Gasteiger partial charge is 0.141 e. The zero-order chi connectivity index (χ0) is 12.5. The van der Waals surface area contributed by atoms with Crippen molar-refractivity contribution in [2.75, 3.05) is 6.54 Å². The highest BCUT2D eigenvalue weighted by Gasteiger charge is 2.26. The van der Waals surface area contributed by atoms with Crippen LogP contribution in [0.5, 0.6) is 0 Å². The average Bonchev–Trinajstić information content (AvgIpc) is 3.04. The maximum Gasteiger partial charge on any atom is 0.141 e. The van der Waals surface area contributed by atoms with Gasteiger partial charge in [0.15, 0.2) is 0 Å². The summed E-state index contributed by atoms with van der Waals surface area (Å²) in [6.45, 7) is 2.33. The Kier molecular flexibility index (Phi) is 3.71. The van der Waals surface area contributed by atoms with E-state index in [2.05, 4.69) is 5.32 Å². The fraction of sp³-hybridized carbons (Fsp3) is 0.538. The molecule has 1 aliphatic rings. The number of halogens is 2. The minimum atomic E-state index is -0.830. The summed E-state index contributed by atoms with van der Waals surface area (Å²) < 4.78 is 13.0. The molecule has 0 aromatic heterocycles. The van der Waals surface area contributed by atoms with Crippen LogP contribution in [0, 0.1) is 5.82 Å². The van der Waals surface area contributed by atoms with Gasteiger partial charge in [0.25, 0.3) is 0 Å². The van der Waals surface area contributed by atoms with Crippen molar-refractivity contribution in [2.45, 2.75) is 37.8 Å². The number of hydrogen-bond acceptors (Lipinski definition) is 2. The van der Waals surface area contributed by atoms with Gasteiger partial charge in [-0.25, -0.2) is 4.39 Å². The summed E-state index contributed by atoms with van der Waals surface area (Å²) in [5.74, 6) is -0.425. The van der Waals surface area contributed by atoms with Gasteiger partial charge in [0.1, 0.15) is 5.82 Å². The SMILES string of the molecule is CC(O)(CNC1CC1)Cc1ccc(F)c(Cl)c1. The zero-order valence-electron chi connectivity index (χ0n) is 9.84. The Morgan fingerprint density at radius 1 is 1.53 bits per heavy atom. The second-order valence-corrected chi connectivity index (χ2v) is 5.48. The van der Waals surface area contributed by atoms with Gasteiger partial charge in [0, 0.05) is 19.0 Å². The molecule has 1 aliphatic carbocycles. The molecule has 4 heteroatoms. The lowest BCUT2D eigenvalue weighted by atomic mass is 9.96. The normalized spacial score (nSPS) is 19.1. The fourth-order valence-electron chi connectivity index (χ4n) is 1.80. The van der Waals surface area contributed by atoms with Crippen LogP contribution in [0.15, 0.2) is 18.2 Å². The van der Waals surface area contributed by atoms with E-state index in [0.717, 1.165) is 5.56 Å². The topological polar surface area (TPSA) is 32.3 Å². The first-order valence-electron chi connectivity index (χ1n) is 5.86. The van der Waals surface area contributed by atoms with Crippen LogP contribution in [0.4, 0.5) is 4.39 Å². The molecule has 1 atom stereocenters. The van der Waals surface area contributed by atoms with Gasteiger partial charge >= 0.3 is 0 Å². The zero-order valence-corrected chi connectivity index (χ0v) is 10.6. The van der Waals surface area contributed by atoms with E-state index < -0.39 is 11.4 Å². The van der Waals surface area contributed by atoms with Crippen LogP contribution < -0.4 is 5.32 Å². The summed E-state index contributed by atoms with van der Waals surface area (Å²) in [5, 5.41) is 13.6. The molecule has 0 radical (unpaired) electrons. The van der Waals surface area contributed by atoms with Gasteiger partial charge in [-0.15, -0.1) is 0 Å². The Balaban J connectivity index is 1.94. The molecule has 1 saturated carbocycles. The maximum atomic E-state index is 13.0. The van der Waals surface area contributed by atoms with Crippen LogP contribution in [0.3, 0.4) is 0 Å². The molecule has 0 heterocycles. The number of hydrogen-bond donors (Lipinski definition) is 2. The molecule has 0 aliphatic heterocycles. The number of nitrogens with one attached hydrogen (secondary N) is 1. The van der Waals surface area contributed by atoms with Crippen LogP contribution >= 0.6 is 11.6 Å². The quantitative estimate of drug-likeness (QED) is 0.850. The maximum absolute atomic E-state index is 13.0. The van der Waals surface area contributed by atoms with Gasteiger partial charge in [-0.05, 0) is 37.5 Å². The minimum Gasteiger partial charge on any atom is -0.389 e. The molecular formula is C13H17ClFNO. The van der Waals surface area contributed by atoms with Crippen LogP contribution in [0.1, 0.15) is 25.3 Å². The summed E-state index contributed by atoms with van der Waals surface area (Å²) in [6.07, 6.45) is 2.85. The van der Waals surface area contributed by atoms with Crippen molar-refractivity contribution in [1.82, 2.24) is 5.32 Å². The molecule has 0 saturated heterocycles. The third-order valence-corrected chi connectivity index (χ3v) is 3.21. The monoisotopic (exact) mass is 257 g/mol. The highest BCUT2D eigenvalue weighted by Crippen LogP contribution is 2.22. The summed E-state index contributed by atoms with van der Waals surface area (Å²) in [4.78, 5) is 0. The molecule has 1 fully saturated rings. The van der Waals surface area contributed by atoms with E-state index in [1.165, 1.54) is 18.9 Å². The molecule has 1 unspecified atom stereocenters. The lowest BCUT2D eigenvalue weighted by Crippen LogP contribution is -2.40. The number of rotatable bonds is 5. The molecule has 0 spiro atoms. The molecule has 2 N–H and O–H groups in total. The Morgan fingerprint density at radius 3 is 2.82 bits per heavy atom. The molecule has 1 aromatic carbocycles. The molecule has 0 amide bonds. The van der Waals surface area contributed by atoms with Crippen molar-refractivity contribution >= 4 is 11.6 Å². The third-order valence-electron chi connectivity index (χ3n) is 2.92. The lowest BCUT2D eigenvalue weighted by molar-refractivity contribution is 0.0597. The molecule has 2 rings (SSSR count). The van der Waals surface area contributed by atoms with Gasteiger partial charge in [-0.1, -0.05) is 17.7 Å². The van der Waals surface area contributed by atoms with Crippen molar-refractivity contribution in [3.63, 3.8) is 0 Å². The van der Waals surface area contributed by atoms with Gasteiger partial charge in [-0.3, -0.25) is 0 Å². The second kappa shape index (κ2) is 4.92. The second-order valence-electron chi connectivity index (χ2n) is 5.08. The fourth-order valence-corrected chi connectivity index (χ4v) is 2.01. The largest absolute Gasteiger partial charge is 0.389 e. The summed E-state index contributed by atoms with van der Waals surface area (Å²) in [7, 11) is 0. The first-order valence-corrected chi connectivity index (χ1v) is 6.24. The number of benzene rings is 1. The van der Waals surface area contributed by atoms with E-state index >= 15 is 0 Å². The summed E-state index contributed by atoms with van der Waals surface area (Å²) >= 11 is 5.71. The molecule has 0 bridgehead atoms. The predicted octanol–water partition coefficient (Wildman–Crippen LogP) is 2.52. The van der Waals surface area contributed by atoms with Crippen molar-refractivity contribution in [3.05, 3.63) is 34.6 Å². The lowest BCUT2D eigenvalue weighted by Gasteiger charge is -2.24. The predicted molar refractivity (Wildman–Crippen MR) is 66.8 cm³/mol. The first-order chi connectivity index (χ1) is 7.96. The summed E-state index contributed by atoms with van der Waals surface area (Å²) in [5.41, 5.74) is 0.0167. The van der Waals surface area contributed by atoms with E-state index in [0.29, 0.717) is 19.0 Å². The Hall–Kier alpha value is -0.640. The Bertz CT molecular complexity index is 404. The van der Waals surface area contributed by atoms with Crippen molar-refractivity contribution in [1.29, 1.82) is 0 Å². The number of aliphatic hydroxyl groups is 1. The average molecular weight is 258 g/mol. The molecule has 94 valence electrons. The Labute approximate surface area is 106 Å². The van der Waals surface area contributed by atoms with Gasteiger partial charge in [0.05, 0.1) is 10.6 Å². The van der Waals surface area contributed by atoms with E-state index in [-0.39, 0.29) is 5.02 Å². The highest BCUT2D eigenvalue weighted by molar-refractivity contribution is 6.30. The van der Waals surface area contributed by atoms with E-state index in [1.54, 1.807) is 19.1 Å².